The van der Waals surface area contributed by atoms with Gasteiger partial charge in [-0.2, -0.15) is 0 Å². The average Bonchev–Trinajstić information content (AvgIpc) is 3.08. The highest BCUT2D eigenvalue weighted by Crippen LogP contribution is 2.44. The van der Waals surface area contributed by atoms with E-state index in [1.54, 1.807) is 0 Å². The zero-order valence-electron chi connectivity index (χ0n) is 17.0. The van der Waals surface area contributed by atoms with E-state index in [-0.39, 0.29) is 18.9 Å². The highest BCUT2D eigenvalue weighted by Gasteiger charge is 2.30. The lowest BCUT2D eigenvalue weighted by atomic mass is 9.98. The lowest BCUT2D eigenvalue weighted by Gasteiger charge is -2.18. The molecule has 0 bridgehead atoms. The van der Waals surface area contributed by atoms with Gasteiger partial charge in [0.05, 0.1) is 0 Å². The molecule has 0 heterocycles. The summed E-state index contributed by atoms with van der Waals surface area (Å²) < 4.78 is 6.29. The molecule has 158 valence electrons. The van der Waals surface area contributed by atoms with E-state index in [1.165, 1.54) is 0 Å². The van der Waals surface area contributed by atoms with Crippen LogP contribution in [0.2, 0.25) is 0 Å². The number of halogens is 1. The van der Waals surface area contributed by atoms with Gasteiger partial charge in [0.2, 0.25) is 0 Å². The Hall–Kier alpha value is -3.12. The zero-order valence-corrected chi connectivity index (χ0v) is 18.6. The van der Waals surface area contributed by atoms with Crippen LogP contribution in [0.5, 0.6) is 0 Å². The van der Waals surface area contributed by atoms with E-state index in [9.17, 15) is 14.7 Å². The first kappa shape index (κ1) is 21.1. The molecule has 6 heteroatoms. The number of benzene rings is 3. The van der Waals surface area contributed by atoms with E-state index in [4.69, 9.17) is 4.74 Å². The van der Waals surface area contributed by atoms with Crippen LogP contribution in [0.25, 0.3) is 11.1 Å². The Morgan fingerprint density at radius 2 is 1.65 bits per heavy atom. The molecular formula is C25H22BrNO4. The van der Waals surface area contributed by atoms with Crippen LogP contribution < -0.4 is 5.32 Å². The number of amides is 1. The molecule has 3 aromatic rings. The van der Waals surface area contributed by atoms with Crippen molar-refractivity contribution in [3.05, 3.63) is 93.5 Å². The molecule has 0 saturated heterocycles. The van der Waals surface area contributed by atoms with Crippen molar-refractivity contribution in [1.82, 2.24) is 5.32 Å². The molecule has 1 aliphatic carbocycles. The minimum Gasteiger partial charge on any atom is -0.480 e. The van der Waals surface area contributed by atoms with Crippen molar-refractivity contribution in [1.29, 1.82) is 0 Å². The molecule has 1 atom stereocenters. The summed E-state index contributed by atoms with van der Waals surface area (Å²) in [6.07, 6.45) is -0.583. The Bertz CT molecular complexity index is 1100. The standard InChI is InChI=1S/C25H22BrNO4/c1-15-10-11-22(26)16(12-15)13-23(24(28)29)27-25(30)31-14-21-19-8-4-2-6-17(19)18-7-3-5-9-20(18)21/h2-12,21,23H,13-14H2,1H3,(H,27,30)(H,28,29)/t23-/m0/s1. The van der Waals surface area contributed by atoms with Gasteiger partial charge < -0.3 is 15.2 Å². The second kappa shape index (κ2) is 8.94. The molecule has 0 aromatic heterocycles. The summed E-state index contributed by atoms with van der Waals surface area (Å²) in [4.78, 5) is 24.2. The molecule has 0 fully saturated rings. The van der Waals surface area contributed by atoms with E-state index in [0.717, 1.165) is 37.9 Å². The van der Waals surface area contributed by atoms with Crippen LogP contribution in [0.1, 0.15) is 28.2 Å². The Labute approximate surface area is 189 Å². The molecule has 0 radical (unpaired) electrons. The van der Waals surface area contributed by atoms with Gasteiger partial charge in [-0.15, -0.1) is 0 Å². The van der Waals surface area contributed by atoms with Crippen molar-refractivity contribution in [2.75, 3.05) is 6.61 Å². The Balaban J connectivity index is 1.45. The van der Waals surface area contributed by atoms with Gasteiger partial charge in [0.1, 0.15) is 12.6 Å². The van der Waals surface area contributed by atoms with Crippen LogP contribution in [-0.2, 0) is 16.0 Å². The topological polar surface area (TPSA) is 75.6 Å². The monoisotopic (exact) mass is 479 g/mol. The average molecular weight is 480 g/mol. The Kier molecular flexibility index (Phi) is 6.09. The molecular weight excluding hydrogens is 458 g/mol. The molecule has 0 spiro atoms. The summed E-state index contributed by atoms with van der Waals surface area (Å²) in [5.41, 5.74) is 6.32. The molecule has 4 rings (SSSR count). The van der Waals surface area contributed by atoms with Crippen LogP contribution in [0.3, 0.4) is 0 Å². The number of carboxylic acids is 1. The maximum Gasteiger partial charge on any atom is 0.407 e. The molecule has 0 aliphatic heterocycles. The number of hydrogen-bond acceptors (Lipinski definition) is 3. The van der Waals surface area contributed by atoms with Crippen molar-refractivity contribution < 1.29 is 19.4 Å². The highest BCUT2D eigenvalue weighted by atomic mass is 79.9. The van der Waals surface area contributed by atoms with Crippen LogP contribution in [0.15, 0.2) is 71.2 Å². The predicted octanol–water partition coefficient (Wildman–Crippen LogP) is 5.29. The number of aryl methyl sites for hydroxylation is 1. The van der Waals surface area contributed by atoms with E-state index < -0.39 is 18.1 Å². The first-order chi connectivity index (χ1) is 14.9. The number of carbonyl (C=O) groups is 2. The lowest BCUT2D eigenvalue weighted by molar-refractivity contribution is -0.139. The summed E-state index contributed by atoms with van der Waals surface area (Å²) in [6, 6.07) is 20.7. The van der Waals surface area contributed by atoms with E-state index >= 15 is 0 Å². The van der Waals surface area contributed by atoms with Crippen LogP contribution in [-0.4, -0.2) is 29.8 Å². The Morgan fingerprint density at radius 1 is 1.03 bits per heavy atom. The number of fused-ring (bicyclic) bond motifs is 3. The van der Waals surface area contributed by atoms with Crippen molar-refractivity contribution in [2.45, 2.75) is 25.3 Å². The Morgan fingerprint density at radius 3 is 2.26 bits per heavy atom. The number of rotatable bonds is 6. The third-order valence-corrected chi connectivity index (χ3v) is 6.33. The number of aliphatic carboxylic acids is 1. The molecule has 2 N–H and O–H groups in total. The van der Waals surface area contributed by atoms with Crippen LogP contribution in [0, 0.1) is 6.92 Å². The van der Waals surface area contributed by atoms with Crippen molar-refractivity contribution in [2.24, 2.45) is 0 Å². The number of ether oxygens (including phenoxy) is 1. The van der Waals surface area contributed by atoms with E-state index in [1.807, 2.05) is 61.5 Å². The highest BCUT2D eigenvalue weighted by molar-refractivity contribution is 9.10. The van der Waals surface area contributed by atoms with Gasteiger partial charge >= 0.3 is 12.1 Å². The largest absolute Gasteiger partial charge is 0.480 e. The summed E-state index contributed by atoms with van der Waals surface area (Å²) >= 11 is 3.44. The van der Waals surface area contributed by atoms with Crippen molar-refractivity contribution in [3.63, 3.8) is 0 Å². The lowest BCUT2D eigenvalue weighted by Crippen LogP contribution is -2.43. The summed E-state index contributed by atoms with van der Waals surface area (Å²) in [7, 11) is 0. The SMILES string of the molecule is Cc1ccc(Br)c(C[C@H](NC(=O)OCC2c3ccccc3-c3ccccc32)C(=O)O)c1. The minimum absolute atomic E-state index is 0.0765. The van der Waals surface area contributed by atoms with Crippen molar-refractivity contribution in [3.8, 4) is 11.1 Å². The smallest absolute Gasteiger partial charge is 0.407 e. The predicted molar refractivity (Wildman–Crippen MR) is 122 cm³/mol. The van der Waals surface area contributed by atoms with Crippen molar-refractivity contribution >= 4 is 28.0 Å². The number of hydrogen-bond donors (Lipinski definition) is 2. The molecule has 0 unspecified atom stereocenters. The third kappa shape index (κ3) is 4.49. The molecule has 5 nitrogen and oxygen atoms in total. The maximum absolute atomic E-state index is 12.5. The maximum atomic E-state index is 12.5. The van der Waals surface area contributed by atoms with E-state index in [0.29, 0.717) is 0 Å². The summed E-state index contributed by atoms with van der Waals surface area (Å²) in [6.45, 7) is 2.07. The molecule has 1 aliphatic rings. The molecule has 3 aromatic carbocycles. The normalized spacial score (nSPS) is 13.2. The summed E-state index contributed by atoms with van der Waals surface area (Å²) in [5, 5.41) is 12.1. The van der Waals surface area contributed by atoms with E-state index in [2.05, 4.69) is 33.4 Å². The number of alkyl carbamates (subject to hydrolysis) is 1. The van der Waals surface area contributed by atoms with Gasteiger partial charge in [0.15, 0.2) is 0 Å². The van der Waals surface area contributed by atoms with Gasteiger partial charge in [0, 0.05) is 16.8 Å². The fourth-order valence-electron chi connectivity index (χ4n) is 4.06. The molecule has 31 heavy (non-hydrogen) atoms. The number of nitrogens with one attached hydrogen (secondary N) is 1. The third-order valence-electron chi connectivity index (χ3n) is 5.56. The molecule has 1 amide bonds. The van der Waals surface area contributed by atoms with Gasteiger partial charge in [0.25, 0.3) is 0 Å². The van der Waals surface area contributed by atoms with Crippen LogP contribution >= 0.6 is 15.9 Å². The number of carbonyl (C=O) groups excluding carboxylic acids is 1. The quantitative estimate of drug-likeness (QED) is 0.503. The fraction of sp³-hybridized carbons (Fsp3) is 0.200. The zero-order chi connectivity index (χ0) is 22.0. The van der Waals surface area contributed by atoms with Gasteiger partial charge in [-0.3, -0.25) is 0 Å². The minimum atomic E-state index is -1.11. The fourth-order valence-corrected chi connectivity index (χ4v) is 4.47. The molecule has 0 saturated carbocycles. The first-order valence-corrected chi connectivity index (χ1v) is 10.8. The van der Waals surface area contributed by atoms with Crippen LogP contribution in [0.4, 0.5) is 4.79 Å². The second-order valence-corrected chi connectivity index (χ2v) is 8.51. The summed E-state index contributed by atoms with van der Waals surface area (Å²) in [5.74, 6) is -1.19. The van der Waals surface area contributed by atoms with Gasteiger partial charge in [-0.1, -0.05) is 82.2 Å². The second-order valence-electron chi connectivity index (χ2n) is 7.66. The number of carboxylic acid groups (broad SMARTS) is 1. The van der Waals surface area contributed by atoms with Gasteiger partial charge in [-0.25, -0.2) is 9.59 Å². The first-order valence-electron chi connectivity index (χ1n) is 10.0. The van der Waals surface area contributed by atoms with Gasteiger partial charge in [-0.05, 0) is 40.8 Å².